The summed E-state index contributed by atoms with van der Waals surface area (Å²) < 4.78 is 10.6. The van der Waals surface area contributed by atoms with Crippen molar-refractivity contribution in [3.05, 3.63) is 80.7 Å². The van der Waals surface area contributed by atoms with Crippen molar-refractivity contribution >= 4 is 17.5 Å². The normalized spacial score (nSPS) is 12.6. The number of rotatable bonds is 9. The van der Waals surface area contributed by atoms with Gasteiger partial charge in [-0.1, -0.05) is 24.3 Å². The summed E-state index contributed by atoms with van der Waals surface area (Å²) in [5.74, 6) is 0.680. The SMILES string of the molecule is COc1ccc(CCNC(=O)c2n[nH]c3c2CN(C(=O)Cc2ccccc2[N+](=O)[O-])CC3)cc1OC. The molecular weight excluding hydrogens is 466 g/mol. The maximum atomic E-state index is 12.9. The number of aromatic amines is 1. The van der Waals surface area contributed by atoms with E-state index in [0.717, 1.165) is 11.3 Å². The Morgan fingerprint density at radius 2 is 1.94 bits per heavy atom. The zero-order chi connectivity index (χ0) is 25.7. The van der Waals surface area contributed by atoms with Crippen LogP contribution >= 0.6 is 0 Å². The highest BCUT2D eigenvalue weighted by Gasteiger charge is 2.28. The van der Waals surface area contributed by atoms with E-state index in [0.29, 0.717) is 48.6 Å². The van der Waals surface area contributed by atoms with E-state index in [-0.39, 0.29) is 36.2 Å². The van der Waals surface area contributed by atoms with Gasteiger partial charge in [0.2, 0.25) is 5.91 Å². The molecule has 0 radical (unpaired) electrons. The third-order valence-corrected chi connectivity index (χ3v) is 6.18. The lowest BCUT2D eigenvalue weighted by atomic mass is 10.0. The number of carbonyl (C=O) groups is 2. The molecule has 2 N–H and O–H groups in total. The molecule has 4 rings (SSSR count). The van der Waals surface area contributed by atoms with Crippen LogP contribution in [0.1, 0.15) is 32.9 Å². The molecule has 0 fully saturated rings. The number of ether oxygens (including phenoxy) is 2. The molecule has 2 heterocycles. The number of benzene rings is 2. The molecule has 0 aliphatic carbocycles. The van der Waals surface area contributed by atoms with E-state index in [2.05, 4.69) is 15.5 Å². The summed E-state index contributed by atoms with van der Waals surface area (Å²) >= 11 is 0. The molecule has 1 aliphatic heterocycles. The summed E-state index contributed by atoms with van der Waals surface area (Å²) in [5, 5.41) is 21.3. The maximum absolute atomic E-state index is 12.9. The van der Waals surface area contributed by atoms with Crippen molar-refractivity contribution in [3.63, 3.8) is 0 Å². The van der Waals surface area contributed by atoms with Crippen molar-refractivity contribution < 1.29 is 24.0 Å². The first-order chi connectivity index (χ1) is 17.4. The Labute approximate surface area is 207 Å². The van der Waals surface area contributed by atoms with Gasteiger partial charge in [-0.15, -0.1) is 0 Å². The number of nitro benzene ring substituents is 1. The molecule has 0 unspecified atom stereocenters. The minimum Gasteiger partial charge on any atom is -0.493 e. The van der Waals surface area contributed by atoms with Crippen LogP contribution in [0, 0.1) is 10.1 Å². The highest BCUT2D eigenvalue weighted by molar-refractivity contribution is 5.94. The van der Waals surface area contributed by atoms with Crippen molar-refractivity contribution in [2.45, 2.75) is 25.8 Å². The van der Waals surface area contributed by atoms with E-state index < -0.39 is 4.92 Å². The van der Waals surface area contributed by atoms with Crippen LogP contribution in [0.4, 0.5) is 5.69 Å². The number of amides is 2. The monoisotopic (exact) mass is 493 g/mol. The second-order valence-electron chi connectivity index (χ2n) is 8.35. The molecule has 0 saturated heterocycles. The molecule has 188 valence electrons. The number of fused-ring (bicyclic) bond motifs is 1. The lowest BCUT2D eigenvalue weighted by Crippen LogP contribution is -2.38. The third kappa shape index (κ3) is 5.29. The summed E-state index contributed by atoms with van der Waals surface area (Å²) in [6.45, 7) is 1.04. The predicted octanol–water partition coefficient (Wildman–Crippen LogP) is 2.43. The Morgan fingerprint density at radius 3 is 2.69 bits per heavy atom. The van der Waals surface area contributed by atoms with Gasteiger partial charge in [-0.05, 0) is 24.1 Å². The molecule has 2 amide bonds. The van der Waals surface area contributed by atoms with E-state index >= 15 is 0 Å². The first-order valence-corrected chi connectivity index (χ1v) is 11.5. The molecule has 36 heavy (non-hydrogen) atoms. The van der Waals surface area contributed by atoms with Crippen LogP contribution < -0.4 is 14.8 Å². The number of carbonyl (C=O) groups excluding carboxylic acids is 2. The Morgan fingerprint density at radius 1 is 1.17 bits per heavy atom. The molecule has 3 aromatic rings. The number of nitrogens with one attached hydrogen (secondary N) is 2. The van der Waals surface area contributed by atoms with Crippen LogP contribution in [0.3, 0.4) is 0 Å². The van der Waals surface area contributed by atoms with Crippen molar-refractivity contribution in [1.29, 1.82) is 0 Å². The van der Waals surface area contributed by atoms with Gasteiger partial charge in [0.15, 0.2) is 17.2 Å². The molecular formula is C25H27N5O6. The smallest absolute Gasteiger partial charge is 0.273 e. The molecule has 1 aromatic heterocycles. The van der Waals surface area contributed by atoms with Crippen LogP contribution in [0.2, 0.25) is 0 Å². The van der Waals surface area contributed by atoms with E-state index in [4.69, 9.17) is 9.47 Å². The van der Waals surface area contributed by atoms with Gasteiger partial charge in [0, 0.05) is 48.9 Å². The van der Waals surface area contributed by atoms with Gasteiger partial charge in [0.25, 0.3) is 11.6 Å². The molecule has 0 bridgehead atoms. The van der Waals surface area contributed by atoms with Crippen LogP contribution in [0.15, 0.2) is 42.5 Å². The fourth-order valence-electron chi connectivity index (χ4n) is 4.25. The quantitative estimate of drug-likeness (QED) is 0.345. The Bertz CT molecular complexity index is 1290. The van der Waals surface area contributed by atoms with Gasteiger partial charge in [-0.2, -0.15) is 5.10 Å². The third-order valence-electron chi connectivity index (χ3n) is 6.18. The summed E-state index contributed by atoms with van der Waals surface area (Å²) in [7, 11) is 3.14. The zero-order valence-corrected chi connectivity index (χ0v) is 20.1. The number of hydrogen-bond acceptors (Lipinski definition) is 7. The number of para-hydroxylation sites is 1. The number of H-pyrrole nitrogens is 1. The summed E-state index contributed by atoms with van der Waals surface area (Å²) in [4.78, 5) is 38.2. The molecule has 0 saturated carbocycles. The first kappa shape index (κ1) is 24.7. The van der Waals surface area contributed by atoms with Gasteiger partial charge < -0.3 is 19.7 Å². The van der Waals surface area contributed by atoms with Crippen molar-refractivity contribution in [3.8, 4) is 11.5 Å². The first-order valence-electron chi connectivity index (χ1n) is 11.5. The summed E-state index contributed by atoms with van der Waals surface area (Å²) in [6, 6.07) is 11.8. The van der Waals surface area contributed by atoms with Crippen molar-refractivity contribution in [2.24, 2.45) is 0 Å². The van der Waals surface area contributed by atoms with Crippen molar-refractivity contribution in [1.82, 2.24) is 20.4 Å². The van der Waals surface area contributed by atoms with Gasteiger partial charge >= 0.3 is 0 Å². The fourth-order valence-corrected chi connectivity index (χ4v) is 4.25. The van der Waals surface area contributed by atoms with Crippen LogP contribution in [0.5, 0.6) is 11.5 Å². The van der Waals surface area contributed by atoms with Crippen LogP contribution in [-0.2, 0) is 30.6 Å². The number of aromatic nitrogens is 2. The highest BCUT2D eigenvalue weighted by atomic mass is 16.6. The van der Waals surface area contributed by atoms with Crippen LogP contribution in [-0.4, -0.2) is 59.1 Å². The van der Waals surface area contributed by atoms with E-state index in [1.54, 1.807) is 37.3 Å². The molecule has 2 aromatic carbocycles. The Balaban J connectivity index is 1.38. The Hall–Kier alpha value is -4.41. The topological polar surface area (TPSA) is 140 Å². The zero-order valence-electron chi connectivity index (χ0n) is 20.1. The lowest BCUT2D eigenvalue weighted by Gasteiger charge is -2.27. The minimum absolute atomic E-state index is 0.0820. The largest absolute Gasteiger partial charge is 0.493 e. The fraction of sp³-hybridized carbons (Fsp3) is 0.320. The number of methoxy groups -OCH3 is 2. The standard InChI is InChI=1S/C25H27N5O6/c1-35-21-8-7-16(13-22(21)36-2)9-11-26-25(32)24-18-15-29(12-10-19(18)27-28-24)23(31)14-17-5-3-4-6-20(17)30(33)34/h3-8,13H,9-12,14-15H2,1-2H3,(H,26,32)(H,27,28). The van der Waals surface area contributed by atoms with Gasteiger partial charge in [-0.3, -0.25) is 24.8 Å². The number of nitro groups is 1. The molecule has 11 heteroatoms. The molecule has 11 nitrogen and oxygen atoms in total. The maximum Gasteiger partial charge on any atom is 0.273 e. The van der Waals surface area contributed by atoms with Gasteiger partial charge in [-0.25, -0.2) is 0 Å². The number of nitrogens with zero attached hydrogens (tertiary/aromatic N) is 3. The van der Waals surface area contributed by atoms with E-state index in [1.807, 2.05) is 18.2 Å². The highest BCUT2D eigenvalue weighted by Crippen LogP contribution is 2.28. The molecule has 0 atom stereocenters. The number of hydrogen-bond donors (Lipinski definition) is 2. The second-order valence-corrected chi connectivity index (χ2v) is 8.35. The lowest BCUT2D eigenvalue weighted by molar-refractivity contribution is -0.385. The molecule has 1 aliphatic rings. The van der Waals surface area contributed by atoms with Gasteiger partial charge in [0.1, 0.15) is 0 Å². The minimum atomic E-state index is -0.489. The van der Waals surface area contributed by atoms with E-state index in [1.165, 1.54) is 6.07 Å². The predicted molar refractivity (Wildman–Crippen MR) is 130 cm³/mol. The Kier molecular flexibility index (Phi) is 7.47. The molecule has 0 spiro atoms. The average molecular weight is 494 g/mol. The average Bonchev–Trinajstić information content (AvgIpc) is 3.32. The summed E-state index contributed by atoms with van der Waals surface area (Å²) in [5.41, 5.74) is 2.99. The van der Waals surface area contributed by atoms with Crippen molar-refractivity contribution in [2.75, 3.05) is 27.3 Å². The summed E-state index contributed by atoms with van der Waals surface area (Å²) in [6.07, 6.45) is 1.01. The second kappa shape index (κ2) is 10.9. The van der Waals surface area contributed by atoms with Crippen LogP contribution in [0.25, 0.3) is 0 Å². The van der Waals surface area contributed by atoms with E-state index in [9.17, 15) is 19.7 Å². The van der Waals surface area contributed by atoms with Gasteiger partial charge in [0.05, 0.1) is 25.6 Å².